The average molecular weight is 363 g/mol. The molecule has 0 saturated heterocycles. The summed E-state index contributed by atoms with van der Waals surface area (Å²) in [4.78, 5) is 11.0. The van der Waals surface area contributed by atoms with E-state index in [1.807, 2.05) is 12.1 Å². The number of nitrogens with one attached hydrogen (secondary N) is 1. The number of esters is 1. The topological polar surface area (TPSA) is 47.6 Å². The molecule has 0 heterocycles. The Morgan fingerprint density at radius 3 is 2.94 bits per heavy atom. The van der Waals surface area contributed by atoms with Crippen molar-refractivity contribution in [2.24, 2.45) is 0 Å². The minimum atomic E-state index is -0.317. The molecule has 0 atom stereocenters. The van der Waals surface area contributed by atoms with Crippen LogP contribution in [0.3, 0.4) is 0 Å². The lowest BCUT2D eigenvalue weighted by Crippen LogP contribution is -2.17. The Morgan fingerprint density at radius 2 is 2.22 bits per heavy atom. The number of benzene rings is 1. The maximum absolute atomic E-state index is 11.0. The summed E-state index contributed by atoms with van der Waals surface area (Å²) in [5.74, 6) is -0.317. The van der Waals surface area contributed by atoms with Gasteiger partial charge in [-0.1, -0.05) is 6.07 Å². The van der Waals surface area contributed by atoms with Gasteiger partial charge in [-0.25, -0.2) is 4.79 Å². The predicted octanol–water partition coefficient (Wildman–Crippen LogP) is 2.59. The van der Waals surface area contributed by atoms with Gasteiger partial charge in [-0.3, -0.25) is 0 Å². The summed E-state index contributed by atoms with van der Waals surface area (Å²) in [7, 11) is 0. The van der Waals surface area contributed by atoms with Gasteiger partial charge in [0.05, 0.1) is 13.2 Å². The van der Waals surface area contributed by atoms with E-state index in [9.17, 15) is 4.79 Å². The second-order valence-corrected chi connectivity index (χ2v) is 4.86. The Kier molecular flexibility index (Phi) is 7.04. The molecule has 0 spiro atoms. The lowest BCUT2D eigenvalue weighted by molar-refractivity contribution is -0.148. The Hall–Kier alpha value is -0.820. The normalized spacial score (nSPS) is 10.2. The molecule has 0 amide bonds. The molecule has 1 rings (SSSR count). The second-order valence-electron chi connectivity index (χ2n) is 3.70. The number of hydrogen-bond acceptors (Lipinski definition) is 4. The van der Waals surface area contributed by atoms with Crippen LogP contribution in [-0.4, -0.2) is 32.3 Å². The van der Waals surface area contributed by atoms with Gasteiger partial charge in [0, 0.05) is 15.8 Å². The fraction of sp³-hybridized carbons (Fsp3) is 0.462. The van der Waals surface area contributed by atoms with E-state index in [-0.39, 0.29) is 12.6 Å². The largest absolute Gasteiger partial charge is 0.464 e. The average Bonchev–Trinajstić information content (AvgIpc) is 2.34. The zero-order valence-corrected chi connectivity index (χ0v) is 12.8. The van der Waals surface area contributed by atoms with Crippen LogP contribution in [0.1, 0.15) is 12.5 Å². The van der Waals surface area contributed by atoms with Gasteiger partial charge in [0.1, 0.15) is 6.61 Å². The van der Waals surface area contributed by atoms with Crippen molar-refractivity contribution < 1.29 is 14.3 Å². The van der Waals surface area contributed by atoms with Crippen LogP contribution < -0.4 is 5.32 Å². The molecular formula is C13H18INO3. The number of rotatable bonds is 7. The molecule has 0 aromatic heterocycles. The molecule has 1 aromatic rings. The third-order valence-corrected chi connectivity index (χ3v) is 3.52. The number of carbonyl (C=O) groups excluding carboxylic acids is 1. The van der Waals surface area contributed by atoms with Crippen molar-refractivity contribution in [3.05, 3.63) is 27.3 Å². The van der Waals surface area contributed by atoms with Gasteiger partial charge >= 0.3 is 5.97 Å². The maximum atomic E-state index is 11.0. The van der Waals surface area contributed by atoms with E-state index in [0.717, 1.165) is 5.69 Å². The third kappa shape index (κ3) is 5.22. The minimum Gasteiger partial charge on any atom is -0.464 e. The fourth-order valence-electron chi connectivity index (χ4n) is 1.42. The molecule has 0 aliphatic carbocycles. The smallest absolute Gasteiger partial charge is 0.332 e. The molecule has 0 radical (unpaired) electrons. The molecule has 18 heavy (non-hydrogen) atoms. The highest BCUT2D eigenvalue weighted by Crippen LogP contribution is 2.19. The standard InChI is InChI=1S/C13H18INO3/c1-3-18-13(16)9-17-8-7-15-12-6-4-5-11(14)10(12)2/h4-6,15H,3,7-9H2,1-2H3. The highest BCUT2D eigenvalue weighted by atomic mass is 127. The third-order valence-electron chi connectivity index (χ3n) is 2.35. The molecule has 1 aromatic carbocycles. The molecule has 5 heteroatoms. The molecule has 4 nitrogen and oxygen atoms in total. The van der Waals surface area contributed by atoms with E-state index in [0.29, 0.717) is 19.8 Å². The number of halogens is 1. The summed E-state index contributed by atoms with van der Waals surface area (Å²) >= 11 is 2.30. The predicted molar refractivity (Wildman–Crippen MR) is 79.8 cm³/mol. The molecule has 1 N–H and O–H groups in total. The first-order valence-electron chi connectivity index (χ1n) is 5.87. The summed E-state index contributed by atoms with van der Waals surface area (Å²) in [5.41, 5.74) is 2.32. The van der Waals surface area contributed by atoms with E-state index in [4.69, 9.17) is 9.47 Å². The molecule has 0 aliphatic heterocycles. The van der Waals surface area contributed by atoms with E-state index >= 15 is 0 Å². The highest BCUT2D eigenvalue weighted by molar-refractivity contribution is 14.1. The number of hydrogen-bond donors (Lipinski definition) is 1. The SMILES string of the molecule is CCOC(=O)COCCNc1cccc(I)c1C. The lowest BCUT2D eigenvalue weighted by Gasteiger charge is -2.10. The summed E-state index contributed by atoms with van der Waals surface area (Å²) in [6.07, 6.45) is 0. The quantitative estimate of drug-likeness (QED) is 0.460. The number of ether oxygens (including phenoxy) is 2. The molecule has 0 fully saturated rings. The van der Waals surface area contributed by atoms with E-state index in [1.165, 1.54) is 9.13 Å². The summed E-state index contributed by atoms with van der Waals surface area (Å²) in [6, 6.07) is 6.11. The fourth-order valence-corrected chi connectivity index (χ4v) is 1.91. The van der Waals surface area contributed by atoms with Crippen LogP contribution >= 0.6 is 22.6 Å². The van der Waals surface area contributed by atoms with E-state index in [1.54, 1.807) is 6.92 Å². The first-order valence-corrected chi connectivity index (χ1v) is 6.95. The van der Waals surface area contributed by atoms with Crippen molar-refractivity contribution in [1.82, 2.24) is 0 Å². The van der Waals surface area contributed by atoms with Gasteiger partial charge in [0.25, 0.3) is 0 Å². The van der Waals surface area contributed by atoms with Crippen LogP contribution in [0.25, 0.3) is 0 Å². The van der Waals surface area contributed by atoms with E-state index in [2.05, 4.69) is 40.9 Å². The maximum Gasteiger partial charge on any atom is 0.332 e. The van der Waals surface area contributed by atoms with Crippen LogP contribution in [0.4, 0.5) is 5.69 Å². The molecule has 0 saturated carbocycles. The monoisotopic (exact) mass is 363 g/mol. The second kappa shape index (κ2) is 8.31. The van der Waals surface area contributed by atoms with Gasteiger partial charge in [0.15, 0.2) is 0 Å². The van der Waals surface area contributed by atoms with Crippen LogP contribution in [0.15, 0.2) is 18.2 Å². The molecule has 0 aliphatic rings. The van der Waals surface area contributed by atoms with Crippen LogP contribution in [0.2, 0.25) is 0 Å². The zero-order valence-electron chi connectivity index (χ0n) is 10.7. The Balaban J connectivity index is 2.22. The summed E-state index contributed by atoms with van der Waals surface area (Å²) < 4.78 is 11.2. The van der Waals surface area contributed by atoms with E-state index < -0.39 is 0 Å². The lowest BCUT2D eigenvalue weighted by atomic mass is 10.2. The van der Waals surface area contributed by atoms with Gasteiger partial charge in [-0.2, -0.15) is 0 Å². The van der Waals surface area contributed by atoms with Crippen molar-refractivity contribution >= 4 is 34.2 Å². The van der Waals surface area contributed by atoms with Crippen molar-refractivity contribution in [3.8, 4) is 0 Å². The first kappa shape index (κ1) is 15.2. The first-order chi connectivity index (χ1) is 8.65. The Bertz CT molecular complexity index is 396. The highest BCUT2D eigenvalue weighted by Gasteiger charge is 2.02. The van der Waals surface area contributed by atoms with Gasteiger partial charge < -0.3 is 14.8 Å². The number of anilines is 1. The molecule has 100 valence electrons. The van der Waals surface area contributed by atoms with Crippen LogP contribution in [0.5, 0.6) is 0 Å². The summed E-state index contributed by atoms with van der Waals surface area (Å²) in [6.45, 7) is 5.40. The van der Waals surface area contributed by atoms with Gasteiger partial charge in [0.2, 0.25) is 0 Å². The zero-order chi connectivity index (χ0) is 13.4. The Morgan fingerprint density at radius 1 is 1.44 bits per heavy atom. The van der Waals surface area contributed by atoms with Crippen LogP contribution in [0, 0.1) is 10.5 Å². The minimum absolute atomic E-state index is 0.0147. The van der Waals surface area contributed by atoms with Crippen LogP contribution in [-0.2, 0) is 14.3 Å². The van der Waals surface area contributed by atoms with Crippen molar-refractivity contribution in [2.45, 2.75) is 13.8 Å². The van der Waals surface area contributed by atoms with Crippen molar-refractivity contribution in [1.29, 1.82) is 0 Å². The van der Waals surface area contributed by atoms with Gasteiger partial charge in [-0.05, 0) is 54.1 Å². The summed E-state index contributed by atoms with van der Waals surface area (Å²) in [5, 5.41) is 3.28. The van der Waals surface area contributed by atoms with Crippen molar-refractivity contribution in [3.63, 3.8) is 0 Å². The number of carbonyl (C=O) groups is 1. The molecule has 0 unspecified atom stereocenters. The van der Waals surface area contributed by atoms with Gasteiger partial charge in [-0.15, -0.1) is 0 Å². The molecule has 0 bridgehead atoms. The Labute approximate surface area is 121 Å². The van der Waals surface area contributed by atoms with Crippen molar-refractivity contribution in [2.75, 3.05) is 31.7 Å². The molecular weight excluding hydrogens is 345 g/mol.